The minimum atomic E-state index is 0.353. The number of carbonyl (C=O) groups is 1. The summed E-state index contributed by atoms with van der Waals surface area (Å²) >= 11 is 0. The third-order valence-electron chi connectivity index (χ3n) is 1.91. The fourth-order valence-corrected chi connectivity index (χ4v) is 1.23. The maximum Gasteiger partial charge on any atom is 0.133 e. The number of Topliss-reactive ketones (excluding diaryl/α,β-unsaturated/α-hetero) is 1. The first-order chi connectivity index (χ1) is 5.30. The number of nitrogens with one attached hydrogen (secondary N) is 1. The lowest BCUT2D eigenvalue weighted by Crippen LogP contribution is -2.30. The number of rotatable bonds is 1. The molecule has 66 valence electrons. The molecule has 0 amide bonds. The van der Waals surface area contributed by atoms with Crippen LogP contribution in [0.4, 0.5) is 0 Å². The van der Waals surface area contributed by atoms with Crippen molar-refractivity contribution in [2.24, 2.45) is 5.92 Å². The van der Waals surface area contributed by atoms with E-state index in [4.69, 9.17) is 0 Å². The Morgan fingerprint density at radius 2 is 1.73 bits per heavy atom. The second-order valence-corrected chi connectivity index (χ2v) is 2.63. The number of hydrogen-bond donors (Lipinski definition) is 1. The summed E-state index contributed by atoms with van der Waals surface area (Å²) in [5.41, 5.74) is 0. The molecule has 0 aliphatic carbocycles. The molecule has 1 aliphatic rings. The minimum absolute atomic E-state index is 0.353. The van der Waals surface area contributed by atoms with Gasteiger partial charge in [-0.15, -0.1) is 0 Å². The molecule has 1 rings (SSSR count). The van der Waals surface area contributed by atoms with Crippen molar-refractivity contribution in [3.05, 3.63) is 0 Å². The SMILES string of the molecule is CC.CC(=O)C1CCNCC1. The molecule has 1 heterocycles. The molecule has 0 radical (unpaired) electrons. The van der Waals surface area contributed by atoms with E-state index < -0.39 is 0 Å². The molecule has 0 aromatic heterocycles. The third-order valence-corrected chi connectivity index (χ3v) is 1.91. The van der Waals surface area contributed by atoms with Crippen molar-refractivity contribution < 1.29 is 4.79 Å². The van der Waals surface area contributed by atoms with Crippen LogP contribution in [-0.4, -0.2) is 18.9 Å². The first kappa shape index (κ1) is 10.6. The summed E-state index contributed by atoms with van der Waals surface area (Å²) < 4.78 is 0. The minimum Gasteiger partial charge on any atom is -0.317 e. The summed E-state index contributed by atoms with van der Waals surface area (Å²) in [6, 6.07) is 0. The van der Waals surface area contributed by atoms with E-state index in [1.54, 1.807) is 6.92 Å². The van der Waals surface area contributed by atoms with Gasteiger partial charge in [-0.05, 0) is 32.9 Å². The Hall–Kier alpha value is -0.370. The van der Waals surface area contributed by atoms with Crippen LogP contribution in [0.5, 0.6) is 0 Å². The molecule has 1 saturated heterocycles. The van der Waals surface area contributed by atoms with E-state index >= 15 is 0 Å². The van der Waals surface area contributed by atoms with Gasteiger partial charge in [-0.1, -0.05) is 13.8 Å². The maximum atomic E-state index is 10.8. The smallest absolute Gasteiger partial charge is 0.133 e. The van der Waals surface area contributed by atoms with Crippen LogP contribution in [0, 0.1) is 5.92 Å². The average molecular weight is 157 g/mol. The van der Waals surface area contributed by atoms with E-state index in [-0.39, 0.29) is 0 Å². The molecule has 2 nitrogen and oxygen atoms in total. The second-order valence-electron chi connectivity index (χ2n) is 2.63. The fraction of sp³-hybridized carbons (Fsp3) is 0.889. The van der Waals surface area contributed by atoms with Crippen molar-refractivity contribution in [1.82, 2.24) is 5.32 Å². The molecule has 1 aliphatic heterocycles. The van der Waals surface area contributed by atoms with E-state index in [2.05, 4.69) is 5.32 Å². The number of piperidine rings is 1. The highest BCUT2D eigenvalue weighted by atomic mass is 16.1. The van der Waals surface area contributed by atoms with Gasteiger partial charge in [-0.2, -0.15) is 0 Å². The van der Waals surface area contributed by atoms with Gasteiger partial charge in [0, 0.05) is 5.92 Å². The summed E-state index contributed by atoms with van der Waals surface area (Å²) in [5, 5.41) is 3.22. The van der Waals surface area contributed by atoms with Crippen LogP contribution in [0.1, 0.15) is 33.6 Å². The highest BCUT2D eigenvalue weighted by Gasteiger charge is 2.16. The molecule has 0 aromatic carbocycles. The zero-order valence-electron chi connectivity index (χ0n) is 7.81. The quantitative estimate of drug-likeness (QED) is 0.626. The average Bonchev–Trinajstić information content (AvgIpc) is 2.10. The van der Waals surface area contributed by atoms with Crippen molar-refractivity contribution in [2.75, 3.05) is 13.1 Å². The van der Waals surface area contributed by atoms with Crippen molar-refractivity contribution in [3.63, 3.8) is 0 Å². The molecular weight excluding hydrogens is 138 g/mol. The fourth-order valence-electron chi connectivity index (χ4n) is 1.23. The molecule has 0 atom stereocenters. The molecule has 1 N–H and O–H groups in total. The van der Waals surface area contributed by atoms with Crippen molar-refractivity contribution in [2.45, 2.75) is 33.6 Å². The lowest BCUT2D eigenvalue weighted by atomic mass is 9.95. The molecule has 0 aromatic rings. The van der Waals surface area contributed by atoms with Crippen LogP contribution in [0.25, 0.3) is 0 Å². The third kappa shape index (κ3) is 4.14. The molecule has 0 unspecified atom stereocenters. The van der Waals surface area contributed by atoms with Gasteiger partial charge in [0.2, 0.25) is 0 Å². The van der Waals surface area contributed by atoms with Crippen LogP contribution >= 0.6 is 0 Å². The Labute approximate surface area is 69.4 Å². The van der Waals surface area contributed by atoms with Gasteiger partial charge >= 0.3 is 0 Å². The van der Waals surface area contributed by atoms with Crippen molar-refractivity contribution in [1.29, 1.82) is 0 Å². The number of hydrogen-bond acceptors (Lipinski definition) is 2. The van der Waals surface area contributed by atoms with Crippen molar-refractivity contribution >= 4 is 5.78 Å². The normalized spacial score (nSPS) is 18.5. The second kappa shape index (κ2) is 6.35. The molecule has 11 heavy (non-hydrogen) atoms. The lowest BCUT2D eigenvalue weighted by molar-refractivity contribution is -0.121. The van der Waals surface area contributed by atoms with Crippen LogP contribution in [0.2, 0.25) is 0 Å². The molecule has 0 bridgehead atoms. The Balaban J connectivity index is 0.000000461. The van der Waals surface area contributed by atoms with Crippen molar-refractivity contribution in [3.8, 4) is 0 Å². The highest BCUT2D eigenvalue weighted by Crippen LogP contribution is 2.11. The van der Waals surface area contributed by atoms with Gasteiger partial charge in [-0.3, -0.25) is 4.79 Å². The topological polar surface area (TPSA) is 29.1 Å². The summed E-state index contributed by atoms with van der Waals surface area (Å²) in [4.78, 5) is 10.8. The van der Waals surface area contributed by atoms with Crippen LogP contribution < -0.4 is 5.32 Å². The predicted molar refractivity (Wildman–Crippen MR) is 47.6 cm³/mol. The summed E-state index contributed by atoms with van der Waals surface area (Å²) in [6.07, 6.45) is 2.07. The first-order valence-corrected chi connectivity index (χ1v) is 4.52. The lowest BCUT2D eigenvalue weighted by Gasteiger charge is -2.19. The van der Waals surface area contributed by atoms with E-state index in [0.717, 1.165) is 25.9 Å². The predicted octanol–water partition coefficient (Wildman–Crippen LogP) is 1.60. The van der Waals surface area contributed by atoms with Crippen LogP contribution in [-0.2, 0) is 4.79 Å². The summed E-state index contributed by atoms with van der Waals surface area (Å²) in [7, 11) is 0. The Morgan fingerprint density at radius 1 is 1.27 bits per heavy atom. The van der Waals surface area contributed by atoms with E-state index in [1.807, 2.05) is 13.8 Å². The van der Waals surface area contributed by atoms with E-state index in [0.29, 0.717) is 11.7 Å². The zero-order valence-corrected chi connectivity index (χ0v) is 7.81. The van der Waals surface area contributed by atoms with Gasteiger partial charge in [0.25, 0.3) is 0 Å². The summed E-state index contributed by atoms with van der Waals surface area (Å²) in [6.45, 7) is 7.73. The summed E-state index contributed by atoms with van der Waals surface area (Å²) in [5.74, 6) is 0.711. The van der Waals surface area contributed by atoms with Crippen LogP contribution in [0.15, 0.2) is 0 Å². The molecule has 0 saturated carbocycles. The van der Waals surface area contributed by atoms with Gasteiger partial charge in [0.05, 0.1) is 0 Å². The molecular formula is C9H19NO. The Bertz CT molecular complexity index is 106. The maximum absolute atomic E-state index is 10.8. The van der Waals surface area contributed by atoms with Gasteiger partial charge in [0.15, 0.2) is 0 Å². The van der Waals surface area contributed by atoms with E-state index in [1.165, 1.54) is 0 Å². The Kier molecular flexibility index (Phi) is 6.13. The standard InChI is InChI=1S/C7H13NO.C2H6/c1-6(9)7-2-4-8-5-3-7;1-2/h7-8H,2-5H2,1H3;1-2H3. The number of ketones is 1. The van der Waals surface area contributed by atoms with Gasteiger partial charge in [-0.25, -0.2) is 0 Å². The molecule has 0 spiro atoms. The molecule has 1 fully saturated rings. The largest absolute Gasteiger partial charge is 0.317 e. The Morgan fingerprint density at radius 3 is 2.00 bits per heavy atom. The number of carbonyl (C=O) groups excluding carboxylic acids is 1. The monoisotopic (exact) mass is 157 g/mol. The van der Waals surface area contributed by atoms with Gasteiger partial charge in [0.1, 0.15) is 5.78 Å². The highest BCUT2D eigenvalue weighted by molar-refractivity contribution is 5.78. The van der Waals surface area contributed by atoms with E-state index in [9.17, 15) is 4.79 Å². The molecule has 2 heteroatoms. The zero-order chi connectivity index (χ0) is 8.69. The first-order valence-electron chi connectivity index (χ1n) is 4.52. The van der Waals surface area contributed by atoms with Crippen LogP contribution in [0.3, 0.4) is 0 Å². The van der Waals surface area contributed by atoms with Gasteiger partial charge < -0.3 is 5.32 Å².